The average Bonchev–Trinajstić information content (AvgIpc) is 3.30. The van der Waals surface area contributed by atoms with Crippen LogP contribution >= 0.6 is 0 Å². The predicted molar refractivity (Wildman–Crippen MR) is 113 cm³/mol. The molecule has 1 aliphatic rings. The number of hydrogen-bond acceptors (Lipinski definition) is 6. The van der Waals surface area contributed by atoms with Gasteiger partial charge in [0, 0.05) is 18.2 Å². The zero-order valence-electron chi connectivity index (χ0n) is 17.1. The summed E-state index contributed by atoms with van der Waals surface area (Å²) in [7, 11) is 0. The van der Waals surface area contributed by atoms with Gasteiger partial charge >= 0.3 is 11.9 Å². The molecule has 2 aromatic carbocycles. The van der Waals surface area contributed by atoms with Gasteiger partial charge in [0.05, 0.1) is 5.56 Å². The molecule has 0 bridgehead atoms. The van der Waals surface area contributed by atoms with E-state index < -0.39 is 18.0 Å². The first-order valence-electron chi connectivity index (χ1n) is 10.1. The molecule has 0 spiro atoms. The summed E-state index contributed by atoms with van der Waals surface area (Å²) in [6.07, 6.45) is 4.29. The van der Waals surface area contributed by atoms with Crippen molar-refractivity contribution in [2.75, 3.05) is 13.2 Å². The largest absolute Gasteiger partial charge is 0.490 e. The van der Waals surface area contributed by atoms with Crippen LogP contribution in [0.15, 0.2) is 54.6 Å². The van der Waals surface area contributed by atoms with Crippen LogP contribution in [-0.4, -0.2) is 58.3 Å². The lowest BCUT2D eigenvalue weighted by atomic mass is 10.0. The van der Waals surface area contributed by atoms with Crippen molar-refractivity contribution in [1.29, 1.82) is 0 Å². The van der Waals surface area contributed by atoms with Crippen molar-refractivity contribution in [3.05, 3.63) is 65.7 Å². The van der Waals surface area contributed by atoms with E-state index >= 15 is 0 Å². The second kappa shape index (κ2) is 12.5. The Morgan fingerprint density at radius 3 is 2.13 bits per heavy atom. The lowest BCUT2D eigenvalue weighted by molar-refractivity contribution is -0.159. The molecule has 4 N–H and O–H groups in total. The highest BCUT2D eigenvalue weighted by Gasteiger charge is 2.17. The number of aliphatic carboxylic acids is 2. The number of carbonyl (C=O) groups excluding carboxylic acids is 1. The van der Waals surface area contributed by atoms with E-state index in [0.717, 1.165) is 0 Å². The van der Waals surface area contributed by atoms with Gasteiger partial charge < -0.3 is 25.4 Å². The molecule has 3 rings (SSSR count). The van der Waals surface area contributed by atoms with Gasteiger partial charge in [0.2, 0.25) is 0 Å². The van der Waals surface area contributed by atoms with Gasteiger partial charge in [-0.05, 0) is 25.0 Å². The number of ketones is 1. The molecule has 1 atom stereocenters. The molecule has 8 heteroatoms. The fourth-order valence-corrected chi connectivity index (χ4v) is 3.20. The molecule has 2 aromatic rings. The normalized spacial score (nSPS) is 14.2. The number of ether oxygens (including phenoxy) is 1. The molecule has 1 fully saturated rings. The van der Waals surface area contributed by atoms with Gasteiger partial charge in [-0.15, -0.1) is 0 Å². The maximum Gasteiger partial charge on any atom is 0.414 e. The third-order valence-electron chi connectivity index (χ3n) is 4.78. The van der Waals surface area contributed by atoms with Crippen LogP contribution < -0.4 is 10.1 Å². The van der Waals surface area contributed by atoms with E-state index in [9.17, 15) is 9.90 Å². The molecular weight excluding hydrogens is 402 g/mol. The minimum atomic E-state index is -1.82. The maximum atomic E-state index is 12.7. The van der Waals surface area contributed by atoms with Gasteiger partial charge in [0.15, 0.2) is 5.78 Å². The van der Waals surface area contributed by atoms with Crippen LogP contribution in [0.4, 0.5) is 0 Å². The number of rotatable bonds is 8. The number of carboxylic acids is 2. The standard InChI is InChI=1S/C21H25NO3.C2H2O4/c23-18(14-22-17-10-4-5-11-17)15-25-20-13-7-6-12-19(20)21(24)16-8-2-1-3-9-16;3-1(4)2(5)6/h1-3,6-9,12-13,17-18,22-23H,4-5,10-11,14-15H2;(H,3,4)(H,5,6). The van der Waals surface area contributed by atoms with Crippen molar-refractivity contribution in [2.24, 2.45) is 0 Å². The SMILES string of the molecule is O=C(O)C(=O)O.O=C(c1ccccc1)c1ccccc1OCC(O)CNC1CCCC1. The van der Waals surface area contributed by atoms with Crippen LogP contribution in [-0.2, 0) is 9.59 Å². The number of nitrogens with one attached hydrogen (secondary N) is 1. The fraction of sp³-hybridized carbons (Fsp3) is 0.348. The summed E-state index contributed by atoms with van der Waals surface area (Å²) in [5.41, 5.74) is 1.15. The second-order valence-corrected chi connectivity index (χ2v) is 7.16. The molecule has 1 unspecified atom stereocenters. The van der Waals surface area contributed by atoms with E-state index in [1.807, 2.05) is 30.3 Å². The molecule has 0 amide bonds. The van der Waals surface area contributed by atoms with E-state index in [1.165, 1.54) is 25.7 Å². The molecule has 0 aliphatic heterocycles. The Hall–Kier alpha value is -3.23. The lowest BCUT2D eigenvalue weighted by Gasteiger charge is -2.17. The summed E-state index contributed by atoms with van der Waals surface area (Å²) in [5, 5.41) is 28.3. The summed E-state index contributed by atoms with van der Waals surface area (Å²) in [6, 6.07) is 16.8. The zero-order chi connectivity index (χ0) is 22.6. The quantitative estimate of drug-likeness (QED) is 0.371. The van der Waals surface area contributed by atoms with Crippen LogP contribution in [0.3, 0.4) is 0 Å². The van der Waals surface area contributed by atoms with Crippen LogP contribution in [0.5, 0.6) is 5.75 Å². The Morgan fingerprint density at radius 1 is 0.935 bits per heavy atom. The van der Waals surface area contributed by atoms with Gasteiger partial charge in [-0.3, -0.25) is 4.79 Å². The Morgan fingerprint density at radius 2 is 1.52 bits per heavy atom. The second-order valence-electron chi connectivity index (χ2n) is 7.16. The van der Waals surface area contributed by atoms with Gasteiger partial charge in [-0.2, -0.15) is 0 Å². The van der Waals surface area contributed by atoms with Gasteiger partial charge in [0.25, 0.3) is 0 Å². The van der Waals surface area contributed by atoms with Crippen molar-refractivity contribution < 1.29 is 34.4 Å². The summed E-state index contributed by atoms with van der Waals surface area (Å²) in [4.78, 5) is 30.9. The number of aliphatic hydroxyl groups is 1. The monoisotopic (exact) mass is 429 g/mol. The molecule has 8 nitrogen and oxygen atoms in total. The fourth-order valence-electron chi connectivity index (χ4n) is 3.20. The van der Waals surface area contributed by atoms with Crippen molar-refractivity contribution in [3.8, 4) is 5.75 Å². The van der Waals surface area contributed by atoms with E-state index in [-0.39, 0.29) is 12.4 Å². The van der Waals surface area contributed by atoms with E-state index in [2.05, 4.69) is 5.32 Å². The molecule has 166 valence electrons. The van der Waals surface area contributed by atoms with Gasteiger partial charge in [-0.25, -0.2) is 9.59 Å². The molecule has 0 heterocycles. The predicted octanol–water partition coefficient (Wildman–Crippen LogP) is 2.35. The minimum absolute atomic E-state index is 0.0743. The van der Waals surface area contributed by atoms with Gasteiger partial charge in [-0.1, -0.05) is 55.3 Å². The third-order valence-corrected chi connectivity index (χ3v) is 4.78. The van der Waals surface area contributed by atoms with E-state index in [4.69, 9.17) is 24.5 Å². The number of carbonyl (C=O) groups is 3. The Labute approximate surface area is 180 Å². The number of carboxylic acid groups (broad SMARTS) is 2. The van der Waals surface area contributed by atoms with Crippen molar-refractivity contribution in [3.63, 3.8) is 0 Å². The Kier molecular flexibility index (Phi) is 9.67. The molecule has 1 aliphatic carbocycles. The zero-order valence-corrected chi connectivity index (χ0v) is 17.1. The lowest BCUT2D eigenvalue weighted by Crippen LogP contribution is -2.36. The molecule has 0 saturated heterocycles. The van der Waals surface area contributed by atoms with Crippen LogP contribution in [0.25, 0.3) is 0 Å². The van der Waals surface area contributed by atoms with Crippen molar-refractivity contribution in [1.82, 2.24) is 5.32 Å². The molecule has 1 saturated carbocycles. The van der Waals surface area contributed by atoms with Gasteiger partial charge in [0.1, 0.15) is 18.5 Å². The molecule has 0 aromatic heterocycles. The molecular formula is C23H27NO7. The molecule has 0 radical (unpaired) electrons. The number of para-hydroxylation sites is 1. The number of hydrogen-bond donors (Lipinski definition) is 4. The Balaban J connectivity index is 0.000000501. The first kappa shape index (κ1) is 24.0. The van der Waals surface area contributed by atoms with Crippen molar-refractivity contribution >= 4 is 17.7 Å². The average molecular weight is 429 g/mol. The minimum Gasteiger partial charge on any atom is -0.490 e. The van der Waals surface area contributed by atoms with Crippen LogP contribution in [0, 0.1) is 0 Å². The maximum absolute atomic E-state index is 12.7. The third kappa shape index (κ3) is 8.19. The topological polar surface area (TPSA) is 133 Å². The highest BCUT2D eigenvalue weighted by Crippen LogP contribution is 2.22. The number of benzene rings is 2. The van der Waals surface area contributed by atoms with E-state index in [1.54, 1.807) is 24.3 Å². The smallest absolute Gasteiger partial charge is 0.414 e. The van der Waals surface area contributed by atoms with E-state index in [0.29, 0.717) is 29.5 Å². The first-order valence-corrected chi connectivity index (χ1v) is 10.1. The van der Waals surface area contributed by atoms with Crippen LogP contribution in [0.1, 0.15) is 41.6 Å². The summed E-state index contributed by atoms with van der Waals surface area (Å²) >= 11 is 0. The van der Waals surface area contributed by atoms with Crippen molar-refractivity contribution in [2.45, 2.75) is 37.8 Å². The Bertz CT molecular complexity index is 851. The highest BCUT2D eigenvalue weighted by molar-refractivity contribution is 6.27. The summed E-state index contributed by atoms with van der Waals surface area (Å²) in [6.45, 7) is 0.679. The van der Waals surface area contributed by atoms with Crippen LogP contribution in [0.2, 0.25) is 0 Å². The number of aliphatic hydroxyl groups excluding tert-OH is 1. The highest BCUT2D eigenvalue weighted by atomic mass is 16.5. The summed E-state index contributed by atoms with van der Waals surface area (Å²) < 4.78 is 5.75. The summed E-state index contributed by atoms with van der Waals surface area (Å²) in [5.74, 6) is -3.21. The first-order chi connectivity index (χ1) is 14.9. The molecule has 31 heavy (non-hydrogen) atoms.